The molecule has 2 fully saturated rings. The van der Waals surface area contributed by atoms with E-state index in [1.54, 1.807) is 0 Å². The van der Waals surface area contributed by atoms with E-state index >= 15 is 0 Å². The van der Waals surface area contributed by atoms with Crippen molar-refractivity contribution in [2.45, 2.75) is 76.2 Å². The summed E-state index contributed by atoms with van der Waals surface area (Å²) in [7, 11) is 0. The van der Waals surface area contributed by atoms with Crippen LogP contribution in [0.5, 0.6) is 0 Å². The second-order valence-electron chi connectivity index (χ2n) is 5.99. The number of carbonyl (C=O) groups is 2. The molecule has 5 heteroatoms. The molecule has 0 bridgehead atoms. The van der Waals surface area contributed by atoms with Gasteiger partial charge in [0.1, 0.15) is 5.54 Å². The standard InChI is InChI=1S/C15H24N2O2S/c16-14(20)15(10-6-2-1-3-7-11-15)17-12(18)8-4-5-9-13(17)19/h1-11H2,(H2,16,20). The summed E-state index contributed by atoms with van der Waals surface area (Å²) in [5.74, 6) is -0.165. The van der Waals surface area contributed by atoms with Gasteiger partial charge in [0.2, 0.25) is 11.8 Å². The fraction of sp³-hybridized carbons (Fsp3) is 0.800. The first-order chi connectivity index (χ1) is 9.58. The smallest absolute Gasteiger partial charge is 0.230 e. The number of imide groups is 1. The van der Waals surface area contributed by atoms with Gasteiger partial charge in [0.05, 0.1) is 4.99 Å². The number of hydrogen-bond donors (Lipinski definition) is 1. The summed E-state index contributed by atoms with van der Waals surface area (Å²) in [4.78, 5) is 26.6. The lowest BCUT2D eigenvalue weighted by Crippen LogP contribution is -2.61. The molecule has 1 heterocycles. The molecule has 0 radical (unpaired) electrons. The van der Waals surface area contributed by atoms with Crippen molar-refractivity contribution < 1.29 is 9.59 Å². The molecule has 1 aliphatic heterocycles. The first kappa shape index (κ1) is 15.4. The zero-order chi connectivity index (χ0) is 14.6. The van der Waals surface area contributed by atoms with Crippen LogP contribution in [0.3, 0.4) is 0 Å². The van der Waals surface area contributed by atoms with Gasteiger partial charge in [-0.3, -0.25) is 14.5 Å². The number of thiocarbonyl (C=S) groups is 1. The third-order valence-corrected chi connectivity index (χ3v) is 4.98. The van der Waals surface area contributed by atoms with Gasteiger partial charge >= 0.3 is 0 Å². The highest BCUT2D eigenvalue weighted by atomic mass is 32.1. The van der Waals surface area contributed by atoms with Crippen molar-refractivity contribution in [2.75, 3.05) is 0 Å². The average molecular weight is 296 g/mol. The fourth-order valence-electron chi connectivity index (χ4n) is 3.46. The third-order valence-electron chi connectivity index (χ3n) is 4.60. The summed E-state index contributed by atoms with van der Waals surface area (Å²) in [6.45, 7) is 0. The minimum Gasteiger partial charge on any atom is -0.391 e. The monoisotopic (exact) mass is 296 g/mol. The Morgan fingerprint density at radius 1 is 0.900 bits per heavy atom. The predicted molar refractivity (Wildman–Crippen MR) is 82.2 cm³/mol. The normalized spacial score (nSPS) is 24.7. The van der Waals surface area contributed by atoms with E-state index in [0.717, 1.165) is 51.4 Å². The topological polar surface area (TPSA) is 63.4 Å². The van der Waals surface area contributed by atoms with Crippen molar-refractivity contribution in [3.63, 3.8) is 0 Å². The molecular weight excluding hydrogens is 272 g/mol. The molecule has 0 unspecified atom stereocenters. The summed E-state index contributed by atoms with van der Waals surface area (Å²) in [6, 6.07) is 0. The van der Waals surface area contributed by atoms with Crippen LogP contribution in [0.2, 0.25) is 0 Å². The summed E-state index contributed by atoms with van der Waals surface area (Å²) in [5, 5.41) is 0. The van der Waals surface area contributed by atoms with Gasteiger partial charge in [-0.1, -0.05) is 44.3 Å². The van der Waals surface area contributed by atoms with Crippen LogP contribution in [-0.2, 0) is 9.59 Å². The molecule has 2 aliphatic rings. The van der Waals surface area contributed by atoms with Crippen molar-refractivity contribution in [1.82, 2.24) is 4.90 Å². The maximum atomic E-state index is 12.4. The first-order valence-corrected chi connectivity index (χ1v) is 8.14. The summed E-state index contributed by atoms with van der Waals surface area (Å²) >= 11 is 5.29. The summed E-state index contributed by atoms with van der Waals surface area (Å²) in [6.07, 6.45) is 9.36. The highest BCUT2D eigenvalue weighted by Crippen LogP contribution is 2.35. The summed E-state index contributed by atoms with van der Waals surface area (Å²) < 4.78 is 0. The Balaban J connectivity index is 2.35. The molecule has 0 aromatic heterocycles. The van der Waals surface area contributed by atoms with Crippen LogP contribution >= 0.6 is 12.2 Å². The molecule has 2 amide bonds. The van der Waals surface area contributed by atoms with Crippen LogP contribution in [0.4, 0.5) is 0 Å². The molecule has 2 rings (SSSR count). The second kappa shape index (κ2) is 6.66. The van der Waals surface area contributed by atoms with E-state index in [1.807, 2.05) is 0 Å². The highest BCUT2D eigenvalue weighted by Gasteiger charge is 2.45. The Labute approximate surface area is 126 Å². The molecular formula is C15H24N2O2S. The molecule has 4 nitrogen and oxygen atoms in total. The average Bonchev–Trinajstić information content (AvgIpc) is 2.52. The van der Waals surface area contributed by atoms with Crippen LogP contribution in [0.15, 0.2) is 0 Å². The molecule has 0 spiro atoms. The van der Waals surface area contributed by atoms with Gasteiger partial charge in [-0.25, -0.2) is 0 Å². The molecule has 0 aromatic carbocycles. The lowest BCUT2D eigenvalue weighted by molar-refractivity contribution is -0.149. The Bertz CT molecular complexity index is 383. The maximum Gasteiger partial charge on any atom is 0.230 e. The van der Waals surface area contributed by atoms with Gasteiger partial charge in [0, 0.05) is 12.8 Å². The van der Waals surface area contributed by atoms with Crippen molar-refractivity contribution >= 4 is 29.0 Å². The van der Waals surface area contributed by atoms with E-state index in [2.05, 4.69) is 0 Å². The zero-order valence-corrected chi connectivity index (χ0v) is 12.8. The Morgan fingerprint density at radius 2 is 1.35 bits per heavy atom. The molecule has 0 aromatic rings. The van der Waals surface area contributed by atoms with Crippen LogP contribution < -0.4 is 5.73 Å². The van der Waals surface area contributed by atoms with E-state index < -0.39 is 5.54 Å². The number of rotatable bonds is 2. The van der Waals surface area contributed by atoms with Crippen molar-refractivity contribution in [3.8, 4) is 0 Å². The van der Waals surface area contributed by atoms with Crippen molar-refractivity contribution in [3.05, 3.63) is 0 Å². The Morgan fingerprint density at radius 3 is 1.80 bits per heavy atom. The van der Waals surface area contributed by atoms with Crippen molar-refractivity contribution in [2.24, 2.45) is 5.73 Å². The molecule has 1 saturated heterocycles. The second-order valence-corrected chi connectivity index (χ2v) is 6.43. The Hall–Kier alpha value is -0.970. The van der Waals surface area contributed by atoms with Gasteiger partial charge in [0.25, 0.3) is 0 Å². The van der Waals surface area contributed by atoms with Crippen molar-refractivity contribution in [1.29, 1.82) is 0 Å². The largest absolute Gasteiger partial charge is 0.391 e. The first-order valence-electron chi connectivity index (χ1n) is 7.74. The van der Waals surface area contributed by atoms with Gasteiger partial charge in [-0.2, -0.15) is 0 Å². The van der Waals surface area contributed by atoms with Gasteiger partial charge in [0.15, 0.2) is 0 Å². The third kappa shape index (κ3) is 3.03. The number of nitrogens with zero attached hydrogens (tertiary/aromatic N) is 1. The summed E-state index contributed by atoms with van der Waals surface area (Å²) in [5.41, 5.74) is 5.31. The quantitative estimate of drug-likeness (QED) is 0.628. The van der Waals surface area contributed by atoms with E-state index in [-0.39, 0.29) is 11.8 Å². The minimum absolute atomic E-state index is 0.0825. The van der Waals surface area contributed by atoms with E-state index in [1.165, 1.54) is 11.3 Å². The lowest BCUT2D eigenvalue weighted by Gasteiger charge is -2.42. The molecule has 112 valence electrons. The lowest BCUT2D eigenvalue weighted by atomic mass is 9.82. The molecule has 20 heavy (non-hydrogen) atoms. The fourth-order valence-corrected chi connectivity index (χ4v) is 3.76. The zero-order valence-electron chi connectivity index (χ0n) is 12.0. The predicted octanol–water partition coefficient (Wildman–Crippen LogP) is 2.68. The number of hydrogen-bond acceptors (Lipinski definition) is 3. The van der Waals surface area contributed by atoms with Gasteiger partial charge in [-0.05, 0) is 25.7 Å². The molecule has 0 atom stereocenters. The van der Waals surface area contributed by atoms with Crippen LogP contribution in [0, 0.1) is 0 Å². The van der Waals surface area contributed by atoms with E-state index in [0.29, 0.717) is 17.8 Å². The number of amides is 2. The van der Waals surface area contributed by atoms with Crippen LogP contribution in [-0.4, -0.2) is 27.2 Å². The minimum atomic E-state index is -0.700. The van der Waals surface area contributed by atoms with Gasteiger partial charge < -0.3 is 5.73 Å². The maximum absolute atomic E-state index is 12.4. The molecule has 1 aliphatic carbocycles. The van der Waals surface area contributed by atoms with Gasteiger partial charge in [-0.15, -0.1) is 0 Å². The van der Waals surface area contributed by atoms with Crippen LogP contribution in [0.25, 0.3) is 0 Å². The van der Waals surface area contributed by atoms with Crippen LogP contribution in [0.1, 0.15) is 70.6 Å². The van der Waals surface area contributed by atoms with E-state index in [9.17, 15) is 9.59 Å². The SMILES string of the molecule is NC(=S)C1(N2C(=O)CCCCC2=O)CCCCCCC1. The number of likely N-dealkylation sites (tertiary alicyclic amines) is 1. The molecule has 1 saturated carbocycles. The van der Waals surface area contributed by atoms with E-state index in [4.69, 9.17) is 18.0 Å². The highest BCUT2D eigenvalue weighted by molar-refractivity contribution is 7.80. The number of nitrogens with two attached hydrogens (primary N) is 1. The number of carbonyl (C=O) groups excluding carboxylic acids is 2. The molecule has 2 N–H and O–H groups in total. The Kier molecular flexibility index (Phi) is 5.13.